The summed E-state index contributed by atoms with van der Waals surface area (Å²) in [6, 6.07) is 0. The van der Waals surface area contributed by atoms with Gasteiger partial charge in [-0.2, -0.15) is 0 Å². The highest BCUT2D eigenvalue weighted by Crippen LogP contribution is 2.28. The summed E-state index contributed by atoms with van der Waals surface area (Å²) in [6.07, 6.45) is -20.0. The first-order chi connectivity index (χ1) is 14.1. The lowest BCUT2D eigenvalue weighted by Crippen LogP contribution is -2.63. The van der Waals surface area contributed by atoms with E-state index in [9.17, 15) is 46.0 Å². The van der Waals surface area contributed by atoms with Crippen molar-refractivity contribution in [1.29, 1.82) is 0 Å². The Morgan fingerprint density at radius 2 is 1.17 bits per heavy atom. The molecule has 0 spiro atoms. The third kappa shape index (κ3) is 4.92. The maximum Gasteiger partial charge on any atom is 0.186 e. The molecule has 3 fully saturated rings. The van der Waals surface area contributed by atoms with Crippen molar-refractivity contribution in [2.24, 2.45) is 0 Å². The molecule has 0 unspecified atom stereocenters. The average Bonchev–Trinajstić information content (AvgIpc) is 2.72. The summed E-state index contributed by atoms with van der Waals surface area (Å²) in [4.78, 5) is 0. The Morgan fingerprint density at radius 1 is 0.633 bits per heavy atom. The predicted molar refractivity (Wildman–Crippen MR) is 89.2 cm³/mol. The summed E-state index contributed by atoms with van der Waals surface area (Å²) < 4.78 is 26.2. The van der Waals surface area contributed by atoms with Crippen molar-refractivity contribution in [3.05, 3.63) is 0 Å². The molecule has 3 saturated heterocycles. The number of aliphatic hydroxyl groups is 9. The minimum Gasteiger partial charge on any atom is -0.388 e. The van der Waals surface area contributed by atoms with E-state index in [1.54, 1.807) is 0 Å². The van der Waals surface area contributed by atoms with Crippen molar-refractivity contribution in [3.63, 3.8) is 0 Å². The zero-order valence-corrected chi connectivity index (χ0v) is 15.7. The second kappa shape index (κ2) is 9.93. The number of hydrogen-bond donors (Lipinski definition) is 9. The van der Waals surface area contributed by atoms with Crippen molar-refractivity contribution < 1.29 is 69.6 Å². The standard InChI is InChI=1S/C16H28O14/c17-4-1-26-15(11(23)7(4)19)28-3-6-13(9(21)10(22)14(25)29-6)30-16-12(24)8(20)5(18)2-27-16/h4-25H,1-3H2/t4-,5+,6+,7-,8-,9+,10+,11+,12+,13+,14+,15-,16-/m0/s1. The van der Waals surface area contributed by atoms with Crippen LogP contribution in [0.15, 0.2) is 0 Å². The summed E-state index contributed by atoms with van der Waals surface area (Å²) in [5.41, 5.74) is 0. The topological polar surface area (TPSA) is 228 Å². The molecule has 9 N–H and O–H groups in total. The summed E-state index contributed by atoms with van der Waals surface area (Å²) >= 11 is 0. The van der Waals surface area contributed by atoms with Crippen molar-refractivity contribution in [2.75, 3.05) is 19.8 Å². The molecule has 3 aliphatic rings. The van der Waals surface area contributed by atoms with Gasteiger partial charge in [0.2, 0.25) is 0 Å². The van der Waals surface area contributed by atoms with E-state index in [2.05, 4.69) is 0 Å². The summed E-state index contributed by atoms with van der Waals surface area (Å²) in [5, 5.41) is 88.4. The normalized spacial score (nSPS) is 52.9. The molecule has 0 bridgehead atoms. The van der Waals surface area contributed by atoms with Crippen molar-refractivity contribution in [2.45, 2.75) is 79.9 Å². The van der Waals surface area contributed by atoms with Gasteiger partial charge in [0.15, 0.2) is 18.9 Å². The van der Waals surface area contributed by atoms with Crippen LogP contribution < -0.4 is 0 Å². The monoisotopic (exact) mass is 444 g/mol. The van der Waals surface area contributed by atoms with E-state index < -0.39 is 86.5 Å². The molecule has 30 heavy (non-hydrogen) atoms. The average molecular weight is 444 g/mol. The number of hydrogen-bond acceptors (Lipinski definition) is 14. The van der Waals surface area contributed by atoms with Gasteiger partial charge in [-0.3, -0.25) is 0 Å². The van der Waals surface area contributed by atoms with E-state index in [4.69, 9.17) is 23.7 Å². The van der Waals surface area contributed by atoms with Gasteiger partial charge >= 0.3 is 0 Å². The molecule has 0 aliphatic carbocycles. The van der Waals surface area contributed by atoms with Crippen LogP contribution in [0.3, 0.4) is 0 Å². The molecule has 0 radical (unpaired) electrons. The molecule has 14 nitrogen and oxygen atoms in total. The Balaban J connectivity index is 1.66. The van der Waals surface area contributed by atoms with Crippen molar-refractivity contribution >= 4 is 0 Å². The fraction of sp³-hybridized carbons (Fsp3) is 1.00. The Labute approximate surface area is 170 Å². The van der Waals surface area contributed by atoms with Crippen LogP contribution in [0.2, 0.25) is 0 Å². The van der Waals surface area contributed by atoms with Gasteiger partial charge in [-0.15, -0.1) is 0 Å². The third-order valence-electron chi connectivity index (χ3n) is 5.28. The van der Waals surface area contributed by atoms with E-state index in [0.717, 1.165) is 0 Å². The maximum atomic E-state index is 10.3. The van der Waals surface area contributed by atoms with Gasteiger partial charge in [-0.25, -0.2) is 0 Å². The van der Waals surface area contributed by atoms with Crippen LogP contribution in [0, 0.1) is 0 Å². The lowest BCUT2D eigenvalue weighted by Gasteiger charge is -2.44. The molecule has 0 amide bonds. The Morgan fingerprint density at radius 3 is 1.77 bits per heavy atom. The van der Waals surface area contributed by atoms with Crippen LogP contribution in [-0.2, 0) is 23.7 Å². The summed E-state index contributed by atoms with van der Waals surface area (Å²) in [7, 11) is 0. The van der Waals surface area contributed by atoms with Gasteiger partial charge in [-0.1, -0.05) is 0 Å². The van der Waals surface area contributed by atoms with Gasteiger partial charge in [0.25, 0.3) is 0 Å². The lowest BCUT2D eigenvalue weighted by molar-refractivity contribution is -0.350. The first-order valence-electron chi connectivity index (χ1n) is 9.40. The number of rotatable bonds is 5. The third-order valence-corrected chi connectivity index (χ3v) is 5.28. The highest BCUT2D eigenvalue weighted by molar-refractivity contribution is 4.92. The first-order valence-corrected chi connectivity index (χ1v) is 9.40. The van der Waals surface area contributed by atoms with E-state index in [1.807, 2.05) is 0 Å². The van der Waals surface area contributed by atoms with E-state index in [1.165, 1.54) is 0 Å². The SMILES string of the molecule is O[C@@H]1[C@@H](O)[C@H](O)O[C@H](CO[C@@H]2OC[C@H](O)[C@H](O)[C@H]2O)[C@H]1O[C@@H]1OC[C@@H](O)[C@H](O)[C@H]1O. The Kier molecular flexibility index (Phi) is 7.97. The minimum atomic E-state index is -1.82. The van der Waals surface area contributed by atoms with Crippen molar-refractivity contribution in [3.8, 4) is 0 Å². The molecule has 3 rings (SSSR count). The molecule has 0 aromatic heterocycles. The van der Waals surface area contributed by atoms with Crippen LogP contribution in [0.5, 0.6) is 0 Å². The molecule has 3 heterocycles. The molecule has 0 aromatic rings. The minimum absolute atomic E-state index is 0.319. The highest BCUT2D eigenvalue weighted by Gasteiger charge is 2.49. The van der Waals surface area contributed by atoms with Gasteiger partial charge in [-0.05, 0) is 0 Å². The van der Waals surface area contributed by atoms with E-state index in [-0.39, 0.29) is 13.2 Å². The second-order valence-electron chi connectivity index (χ2n) is 7.48. The number of ether oxygens (including phenoxy) is 5. The molecular weight excluding hydrogens is 416 g/mol. The number of aliphatic hydroxyl groups excluding tert-OH is 9. The maximum absolute atomic E-state index is 10.3. The predicted octanol–water partition coefficient (Wildman–Crippen LogP) is -6.29. The lowest BCUT2D eigenvalue weighted by atomic mass is 9.98. The van der Waals surface area contributed by atoms with Gasteiger partial charge in [0.1, 0.15) is 61.0 Å². The summed E-state index contributed by atoms with van der Waals surface area (Å²) in [6.45, 7) is -1.17. The highest BCUT2D eigenvalue weighted by atomic mass is 16.7. The van der Waals surface area contributed by atoms with Crippen molar-refractivity contribution in [1.82, 2.24) is 0 Å². The largest absolute Gasteiger partial charge is 0.388 e. The Bertz CT molecular complexity index is 552. The molecule has 176 valence electrons. The zero-order valence-electron chi connectivity index (χ0n) is 15.7. The Hall–Kier alpha value is -0.560. The van der Waals surface area contributed by atoms with E-state index in [0.29, 0.717) is 0 Å². The van der Waals surface area contributed by atoms with Crippen LogP contribution in [-0.4, -0.2) is 146 Å². The van der Waals surface area contributed by atoms with Crippen LogP contribution in [0.1, 0.15) is 0 Å². The molecule has 0 saturated carbocycles. The first kappa shape index (κ1) is 24.1. The fourth-order valence-corrected chi connectivity index (χ4v) is 3.39. The molecule has 3 aliphatic heterocycles. The molecular formula is C16H28O14. The van der Waals surface area contributed by atoms with E-state index >= 15 is 0 Å². The smallest absolute Gasteiger partial charge is 0.186 e. The quantitative estimate of drug-likeness (QED) is 0.192. The van der Waals surface area contributed by atoms with Crippen LogP contribution in [0.4, 0.5) is 0 Å². The second-order valence-corrected chi connectivity index (χ2v) is 7.48. The van der Waals surface area contributed by atoms with Gasteiger partial charge in [0, 0.05) is 0 Å². The molecule has 13 atom stereocenters. The van der Waals surface area contributed by atoms with Crippen LogP contribution in [0.25, 0.3) is 0 Å². The van der Waals surface area contributed by atoms with Crippen LogP contribution >= 0.6 is 0 Å². The van der Waals surface area contributed by atoms with Gasteiger partial charge < -0.3 is 69.6 Å². The summed E-state index contributed by atoms with van der Waals surface area (Å²) in [5.74, 6) is 0. The van der Waals surface area contributed by atoms with Gasteiger partial charge in [0.05, 0.1) is 19.8 Å². The fourth-order valence-electron chi connectivity index (χ4n) is 3.39. The zero-order chi connectivity index (χ0) is 22.2. The molecule has 14 heteroatoms. The molecule has 0 aromatic carbocycles.